The van der Waals surface area contributed by atoms with Gasteiger partial charge in [-0.2, -0.15) is 17.0 Å². The zero-order valence-corrected chi connectivity index (χ0v) is 10.1. The number of benzene rings is 1. The van der Waals surface area contributed by atoms with Crippen molar-refractivity contribution in [2.24, 2.45) is 0 Å². The molecule has 3 nitrogen and oxygen atoms in total. The van der Waals surface area contributed by atoms with Crippen LogP contribution in [0.1, 0.15) is 24.5 Å². The number of carboxylic acid groups (broad SMARTS) is 1. The molecule has 5 heteroatoms. The van der Waals surface area contributed by atoms with E-state index in [1.807, 2.05) is 13.0 Å². The van der Waals surface area contributed by atoms with E-state index in [4.69, 9.17) is 10.4 Å². The second kappa shape index (κ2) is 6.26. The van der Waals surface area contributed by atoms with Crippen molar-refractivity contribution in [3.05, 3.63) is 35.1 Å². The van der Waals surface area contributed by atoms with Gasteiger partial charge in [-0.3, -0.25) is 4.79 Å². The third-order valence-electron chi connectivity index (χ3n) is 2.18. The van der Waals surface area contributed by atoms with Gasteiger partial charge in [-0.1, -0.05) is 13.0 Å². The highest BCUT2D eigenvalue weighted by Gasteiger charge is 2.10. The number of thioether (sulfide) groups is 1. The minimum Gasteiger partial charge on any atom is -0.481 e. The molecule has 0 bridgehead atoms. The molecule has 90 valence electrons. The summed E-state index contributed by atoms with van der Waals surface area (Å²) in [5, 5.41) is 17.4. The Balaban J connectivity index is 2.63. The lowest BCUT2D eigenvalue weighted by Crippen LogP contribution is -2.06. The Hall–Kier alpha value is -1.54. The highest BCUT2D eigenvalue weighted by Crippen LogP contribution is 2.22. The van der Waals surface area contributed by atoms with Crippen molar-refractivity contribution >= 4 is 17.7 Å². The Kier molecular flexibility index (Phi) is 4.98. The van der Waals surface area contributed by atoms with E-state index in [9.17, 15) is 9.18 Å². The molecule has 1 N–H and O–H groups in total. The molecule has 0 aliphatic heterocycles. The largest absolute Gasteiger partial charge is 0.481 e. The summed E-state index contributed by atoms with van der Waals surface area (Å²) in [5.41, 5.74) is 1.04. The normalized spacial score (nSPS) is 11.8. The fourth-order valence-corrected chi connectivity index (χ4v) is 2.29. The lowest BCUT2D eigenvalue weighted by molar-refractivity contribution is -0.136. The Morgan fingerprint density at radius 1 is 1.65 bits per heavy atom. The Morgan fingerprint density at radius 3 is 2.94 bits per heavy atom. The van der Waals surface area contributed by atoms with Gasteiger partial charge >= 0.3 is 5.97 Å². The third kappa shape index (κ3) is 4.45. The number of halogens is 1. The van der Waals surface area contributed by atoms with Crippen LogP contribution in [0.25, 0.3) is 0 Å². The number of rotatable bonds is 5. The first-order chi connectivity index (χ1) is 8.02. The van der Waals surface area contributed by atoms with Crippen LogP contribution in [-0.4, -0.2) is 16.3 Å². The van der Waals surface area contributed by atoms with Crippen LogP contribution >= 0.6 is 11.8 Å². The molecule has 1 atom stereocenters. The number of aliphatic carboxylic acids is 1. The number of hydrogen-bond donors (Lipinski definition) is 1. The van der Waals surface area contributed by atoms with Gasteiger partial charge in [0.2, 0.25) is 0 Å². The first-order valence-corrected chi connectivity index (χ1v) is 6.09. The monoisotopic (exact) mass is 253 g/mol. The number of hydrogen-bond acceptors (Lipinski definition) is 3. The molecule has 0 saturated heterocycles. The first-order valence-electron chi connectivity index (χ1n) is 5.05. The summed E-state index contributed by atoms with van der Waals surface area (Å²) < 4.78 is 12.9. The predicted octanol–water partition coefficient (Wildman–Crippen LogP) is 2.79. The van der Waals surface area contributed by atoms with Gasteiger partial charge in [0, 0.05) is 11.0 Å². The molecule has 0 aliphatic rings. The number of carbonyl (C=O) groups is 1. The Bertz CT molecular complexity index is 456. The maximum absolute atomic E-state index is 12.9. The average molecular weight is 253 g/mol. The first kappa shape index (κ1) is 13.5. The number of nitrogens with zero attached hydrogens (tertiary/aromatic N) is 1. The molecule has 1 aromatic rings. The number of carboxylic acids is 1. The summed E-state index contributed by atoms with van der Waals surface area (Å²) >= 11 is 1.44. The van der Waals surface area contributed by atoms with Crippen LogP contribution < -0.4 is 0 Å². The fourth-order valence-electron chi connectivity index (χ4n) is 1.32. The Morgan fingerprint density at radius 2 is 2.35 bits per heavy atom. The highest BCUT2D eigenvalue weighted by atomic mass is 32.2. The molecule has 0 aromatic heterocycles. The van der Waals surface area contributed by atoms with Crippen LogP contribution in [0, 0.1) is 17.1 Å². The van der Waals surface area contributed by atoms with Crippen molar-refractivity contribution in [2.75, 3.05) is 0 Å². The molecule has 0 fully saturated rings. The average Bonchev–Trinajstić information content (AvgIpc) is 2.26. The maximum Gasteiger partial charge on any atom is 0.304 e. The minimum absolute atomic E-state index is 0.0379. The van der Waals surface area contributed by atoms with Gasteiger partial charge in [-0.05, 0) is 17.7 Å². The lowest BCUT2D eigenvalue weighted by atomic mass is 10.1. The summed E-state index contributed by atoms with van der Waals surface area (Å²) in [4.78, 5) is 10.5. The zero-order valence-electron chi connectivity index (χ0n) is 9.31. The molecule has 0 radical (unpaired) electrons. The summed E-state index contributed by atoms with van der Waals surface area (Å²) in [6, 6.07) is 5.99. The van der Waals surface area contributed by atoms with Crippen LogP contribution in [0.5, 0.6) is 0 Å². The van der Waals surface area contributed by atoms with Gasteiger partial charge in [-0.15, -0.1) is 0 Å². The molecule has 0 amide bonds. The van der Waals surface area contributed by atoms with Crippen LogP contribution in [0.15, 0.2) is 18.2 Å². The molecular formula is C12H12FNO2S. The molecule has 17 heavy (non-hydrogen) atoms. The second-order valence-corrected chi connectivity index (χ2v) is 5.06. The van der Waals surface area contributed by atoms with E-state index in [0.717, 1.165) is 5.56 Å². The van der Waals surface area contributed by atoms with E-state index in [1.54, 1.807) is 6.07 Å². The van der Waals surface area contributed by atoms with E-state index >= 15 is 0 Å². The van der Waals surface area contributed by atoms with Crippen molar-refractivity contribution in [2.45, 2.75) is 24.3 Å². The minimum atomic E-state index is -0.843. The quantitative estimate of drug-likeness (QED) is 0.876. The molecule has 1 unspecified atom stereocenters. The van der Waals surface area contributed by atoms with Crippen LogP contribution in [0.4, 0.5) is 4.39 Å². The van der Waals surface area contributed by atoms with Crippen molar-refractivity contribution in [3.8, 4) is 6.07 Å². The topological polar surface area (TPSA) is 61.1 Å². The standard InChI is InChI=1S/C12H12FNO2S/c1-8(4-12(15)16)17-7-9-2-3-11(13)5-10(9)6-14/h2-3,5,8H,4,7H2,1H3,(H,15,16). The molecule has 1 aromatic carbocycles. The van der Waals surface area contributed by atoms with Crippen molar-refractivity contribution < 1.29 is 14.3 Å². The van der Waals surface area contributed by atoms with E-state index in [2.05, 4.69) is 0 Å². The van der Waals surface area contributed by atoms with Crippen molar-refractivity contribution in [3.63, 3.8) is 0 Å². The van der Waals surface area contributed by atoms with Gasteiger partial charge in [0.1, 0.15) is 5.82 Å². The SMILES string of the molecule is CC(CC(=O)O)SCc1ccc(F)cc1C#N. The zero-order chi connectivity index (χ0) is 12.8. The van der Waals surface area contributed by atoms with Crippen LogP contribution in [-0.2, 0) is 10.5 Å². The fraction of sp³-hybridized carbons (Fsp3) is 0.333. The van der Waals surface area contributed by atoms with Crippen molar-refractivity contribution in [1.29, 1.82) is 5.26 Å². The molecule has 0 heterocycles. The van der Waals surface area contributed by atoms with Gasteiger partial charge in [0.15, 0.2) is 0 Å². The Labute approximate surface area is 103 Å². The summed E-state index contributed by atoms with van der Waals surface area (Å²) in [6.07, 6.45) is 0.0771. The predicted molar refractivity (Wildman–Crippen MR) is 64.1 cm³/mol. The van der Waals surface area contributed by atoms with Crippen molar-refractivity contribution in [1.82, 2.24) is 0 Å². The summed E-state index contributed by atoms with van der Waals surface area (Å²) in [5.74, 6) is -0.768. The molecule has 0 saturated carbocycles. The lowest BCUT2D eigenvalue weighted by Gasteiger charge is -2.09. The van der Waals surface area contributed by atoms with Crippen LogP contribution in [0.3, 0.4) is 0 Å². The van der Waals surface area contributed by atoms with Gasteiger partial charge in [0.25, 0.3) is 0 Å². The second-order valence-electron chi connectivity index (χ2n) is 3.63. The maximum atomic E-state index is 12.9. The third-order valence-corrected chi connectivity index (χ3v) is 3.39. The molecule has 0 aliphatic carbocycles. The van der Waals surface area contributed by atoms with E-state index in [0.29, 0.717) is 11.3 Å². The highest BCUT2D eigenvalue weighted by molar-refractivity contribution is 7.99. The molecule has 0 spiro atoms. The van der Waals surface area contributed by atoms with Gasteiger partial charge < -0.3 is 5.11 Å². The van der Waals surface area contributed by atoms with E-state index in [-0.39, 0.29) is 11.7 Å². The van der Waals surface area contributed by atoms with Gasteiger partial charge in [-0.25, -0.2) is 4.39 Å². The van der Waals surface area contributed by atoms with Crippen LogP contribution in [0.2, 0.25) is 0 Å². The smallest absolute Gasteiger partial charge is 0.304 e. The van der Waals surface area contributed by atoms with E-state index in [1.165, 1.54) is 23.9 Å². The van der Waals surface area contributed by atoms with E-state index < -0.39 is 11.8 Å². The summed E-state index contributed by atoms with van der Waals surface area (Å²) in [7, 11) is 0. The molecular weight excluding hydrogens is 241 g/mol. The summed E-state index contributed by atoms with van der Waals surface area (Å²) in [6.45, 7) is 1.81. The number of nitriles is 1. The molecule has 1 rings (SSSR count). The van der Waals surface area contributed by atoms with Gasteiger partial charge in [0.05, 0.1) is 18.1 Å².